The molecule has 1 aromatic heterocycles. The zero-order chi connectivity index (χ0) is 19.3. The lowest BCUT2D eigenvalue weighted by Crippen LogP contribution is -2.25. The highest BCUT2D eigenvalue weighted by atomic mass is 19.3. The number of carbonyl (C=O) groups excluding carboxylic acids is 2. The van der Waals surface area contributed by atoms with Crippen molar-refractivity contribution in [3.8, 4) is 5.75 Å². The van der Waals surface area contributed by atoms with E-state index in [-0.39, 0.29) is 18.1 Å². The molecule has 5 nitrogen and oxygen atoms in total. The van der Waals surface area contributed by atoms with E-state index in [1.165, 1.54) is 13.0 Å². The molecule has 1 amide bonds. The van der Waals surface area contributed by atoms with E-state index in [9.17, 15) is 18.4 Å². The third-order valence-electron chi connectivity index (χ3n) is 4.00. The summed E-state index contributed by atoms with van der Waals surface area (Å²) in [6.45, 7) is 2.27. The molecule has 0 atom stereocenters. The van der Waals surface area contributed by atoms with Gasteiger partial charge in [-0.2, -0.15) is 8.78 Å². The number of aromatic nitrogens is 1. The number of amides is 1. The van der Waals surface area contributed by atoms with Gasteiger partial charge in [0.15, 0.2) is 5.78 Å². The summed E-state index contributed by atoms with van der Waals surface area (Å²) in [6.07, 6.45) is 1.37. The lowest BCUT2D eigenvalue weighted by Gasteiger charge is -2.11. The van der Waals surface area contributed by atoms with Crippen molar-refractivity contribution >= 4 is 11.7 Å². The second-order valence-electron chi connectivity index (χ2n) is 5.95. The Balaban J connectivity index is 2.21. The number of para-hydroxylation sites is 1. The molecule has 0 radical (unpaired) electrons. The van der Waals surface area contributed by atoms with Crippen molar-refractivity contribution in [2.45, 2.75) is 46.8 Å². The predicted octanol–water partition coefficient (Wildman–Crippen LogP) is 4.01. The molecule has 1 aromatic carbocycles. The van der Waals surface area contributed by atoms with Crippen LogP contribution in [0.4, 0.5) is 8.78 Å². The van der Waals surface area contributed by atoms with Crippen LogP contribution in [-0.2, 0) is 13.0 Å². The minimum absolute atomic E-state index is 0.0173. The summed E-state index contributed by atoms with van der Waals surface area (Å²) >= 11 is 0. The summed E-state index contributed by atoms with van der Waals surface area (Å²) in [5, 5.41) is 2.70. The standard InChI is InChI=1S/C19H22F2N2O3/c1-4-7-14-16(12(3)24)11(2)23-17(14)18(25)22-10-13-8-5-6-9-15(13)26-19(20)21/h5-6,8-9,19,23H,4,7,10H2,1-3H3,(H,22,25). The van der Waals surface area contributed by atoms with Crippen LogP contribution in [0.15, 0.2) is 24.3 Å². The third kappa shape index (κ3) is 4.47. The summed E-state index contributed by atoms with van der Waals surface area (Å²) in [5.41, 5.74) is 2.65. The lowest BCUT2D eigenvalue weighted by atomic mass is 10.0. The summed E-state index contributed by atoms with van der Waals surface area (Å²) in [6, 6.07) is 6.28. The normalized spacial score (nSPS) is 10.8. The zero-order valence-electron chi connectivity index (χ0n) is 15.0. The van der Waals surface area contributed by atoms with E-state index in [1.807, 2.05) is 6.92 Å². The van der Waals surface area contributed by atoms with Gasteiger partial charge < -0.3 is 15.0 Å². The molecule has 0 bridgehead atoms. The van der Waals surface area contributed by atoms with Crippen LogP contribution < -0.4 is 10.1 Å². The Bertz CT molecular complexity index is 800. The van der Waals surface area contributed by atoms with Crippen LogP contribution in [0.2, 0.25) is 0 Å². The minimum atomic E-state index is -2.94. The fourth-order valence-corrected chi connectivity index (χ4v) is 2.97. The van der Waals surface area contributed by atoms with Gasteiger partial charge in [-0.25, -0.2) is 0 Å². The van der Waals surface area contributed by atoms with Gasteiger partial charge in [0.2, 0.25) is 0 Å². The van der Waals surface area contributed by atoms with Gasteiger partial charge in [-0.05, 0) is 31.9 Å². The fraction of sp³-hybridized carbons (Fsp3) is 0.368. The van der Waals surface area contributed by atoms with Gasteiger partial charge in [-0.15, -0.1) is 0 Å². The number of benzene rings is 1. The number of carbonyl (C=O) groups is 2. The van der Waals surface area contributed by atoms with Crippen LogP contribution in [0.25, 0.3) is 0 Å². The fourth-order valence-electron chi connectivity index (χ4n) is 2.97. The number of nitrogens with one attached hydrogen (secondary N) is 2. The van der Waals surface area contributed by atoms with Crippen LogP contribution in [0.5, 0.6) is 5.75 Å². The number of rotatable bonds is 8. The number of Topliss-reactive ketones (excluding diaryl/α,β-unsaturated/α-hetero) is 1. The average molecular weight is 364 g/mol. The van der Waals surface area contributed by atoms with Crippen molar-refractivity contribution in [2.75, 3.05) is 0 Å². The molecule has 0 aliphatic carbocycles. The smallest absolute Gasteiger partial charge is 0.387 e. The summed E-state index contributed by atoms with van der Waals surface area (Å²) in [4.78, 5) is 27.5. The molecular formula is C19H22F2N2O3. The second kappa shape index (κ2) is 8.60. The van der Waals surface area contributed by atoms with Crippen molar-refractivity contribution in [3.05, 3.63) is 52.3 Å². The largest absolute Gasteiger partial charge is 0.434 e. The summed E-state index contributed by atoms with van der Waals surface area (Å²) < 4.78 is 29.4. The van der Waals surface area contributed by atoms with E-state index in [4.69, 9.17) is 0 Å². The number of alkyl halides is 2. The molecule has 140 valence electrons. The SMILES string of the molecule is CCCc1c(C(=O)NCc2ccccc2OC(F)F)[nH]c(C)c1C(C)=O. The van der Waals surface area contributed by atoms with Gasteiger partial charge in [-0.3, -0.25) is 9.59 Å². The van der Waals surface area contributed by atoms with Gasteiger partial charge >= 0.3 is 6.61 Å². The van der Waals surface area contributed by atoms with Gasteiger partial charge in [0.05, 0.1) is 0 Å². The second-order valence-corrected chi connectivity index (χ2v) is 5.95. The third-order valence-corrected chi connectivity index (χ3v) is 4.00. The highest BCUT2D eigenvalue weighted by molar-refractivity contribution is 6.02. The lowest BCUT2D eigenvalue weighted by molar-refractivity contribution is -0.0504. The number of hydrogen-bond acceptors (Lipinski definition) is 3. The molecule has 26 heavy (non-hydrogen) atoms. The first kappa shape index (κ1) is 19.6. The van der Waals surface area contributed by atoms with Crippen molar-refractivity contribution in [3.63, 3.8) is 0 Å². The number of ether oxygens (including phenoxy) is 1. The Labute approximate surface area is 150 Å². The number of aromatic amines is 1. The van der Waals surface area contributed by atoms with E-state index in [0.29, 0.717) is 34.5 Å². The molecular weight excluding hydrogens is 342 g/mol. The number of hydrogen-bond donors (Lipinski definition) is 2. The zero-order valence-corrected chi connectivity index (χ0v) is 15.0. The van der Waals surface area contributed by atoms with E-state index in [2.05, 4.69) is 15.0 Å². The first-order chi connectivity index (χ1) is 12.3. The summed E-state index contributed by atoms with van der Waals surface area (Å²) in [7, 11) is 0. The van der Waals surface area contributed by atoms with Crippen molar-refractivity contribution < 1.29 is 23.1 Å². The maximum absolute atomic E-state index is 12.6. The van der Waals surface area contributed by atoms with Gasteiger partial charge in [-0.1, -0.05) is 31.5 Å². The van der Waals surface area contributed by atoms with E-state index >= 15 is 0 Å². The predicted molar refractivity (Wildman–Crippen MR) is 93.8 cm³/mol. The van der Waals surface area contributed by atoms with Crippen molar-refractivity contribution in [1.29, 1.82) is 0 Å². The van der Waals surface area contributed by atoms with E-state index in [1.54, 1.807) is 25.1 Å². The maximum atomic E-state index is 12.6. The number of halogens is 2. The van der Waals surface area contributed by atoms with Crippen LogP contribution in [0.3, 0.4) is 0 Å². The molecule has 7 heteroatoms. The van der Waals surface area contributed by atoms with E-state index < -0.39 is 12.5 Å². The van der Waals surface area contributed by atoms with Gasteiger partial charge in [0.1, 0.15) is 11.4 Å². The molecule has 0 aliphatic heterocycles. The highest BCUT2D eigenvalue weighted by Crippen LogP contribution is 2.23. The van der Waals surface area contributed by atoms with Gasteiger partial charge in [0, 0.05) is 23.4 Å². The highest BCUT2D eigenvalue weighted by Gasteiger charge is 2.22. The number of aryl methyl sites for hydroxylation is 1. The minimum Gasteiger partial charge on any atom is -0.434 e. The van der Waals surface area contributed by atoms with Crippen molar-refractivity contribution in [2.24, 2.45) is 0 Å². The molecule has 2 aromatic rings. The topological polar surface area (TPSA) is 71.2 Å². The molecule has 0 saturated heterocycles. The first-order valence-corrected chi connectivity index (χ1v) is 8.38. The maximum Gasteiger partial charge on any atom is 0.387 e. The van der Waals surface area contributed by atoms with Crippen molar-refractivity contribution in [1.82, 2.24) is 10.3 Å². The Morgan fingerprint density at radius 3 is 2.58 bits per heavy atom. The number of ketones is 1. The molecule has 0 spiro atoms. The Morgan fingerprint density at radius 2 is 1.96 bits per heavy atom. The van der Waals surface area contributed by atoms with Crippen LogP contribution >= 0.6 is 0 Å². The summed E-state index contributed by atoms with van der Waals surface area (Å²) in [5.74, 6) is -0.475. The molecule has 0 saturated carbocycles. The quantitative estimate of drug-likeness (QED) is 0.695. The Morgan fingerprint density at radius 1 is 1.27 bits per heavy atom. The molecule has 0 fully saturated rings. The molecule has 0 aliphatic rings. The molecule has 2 N–H and O–H groups in total. The van der Waals surface area contributed by atoms with Crippen LogP contribution in [-0.4, -0.2) is 23.3 Å². The monoisotopic (exact) mass is 364 g/mol. The Kier molecular flexibility index (Phi) is 6.49. The molecule has 0 unspecified atom stereocenters. The van der Waals surface area contributed by atoms with Gasteiger partial charge in [0.25, 0.3) is 5.91 Å². The van der Waals surface area contributed by atoms with Crippen LogP contribution in [0.1, 0.15) is 57.9 Å². The average Bonchev–Trinajstić information content (AvgIpc) is 2.90. The molecule has 2 rings (SSSR count). The van der Waals surface area contributed by atoms with Crippen LogP contribution in [0, 0.1) is 6.92 Å². The Hall–Kier alpha value is -2.70. The first-order valence-electron chi connectivity index (χ1n) is 8.38. The van der Waals surface area contributed by atoms with E-state index in [0.717, 1.165) is 6.42 Å². The number of H-pyrrole nitrogens is 1. The molecule has 1 heterocycles.